The molecule has 0 aliphatic carbocycles. The Labute approximate surface area is 111 Å². The number of fused-ring (bicyclic) bond motifs is 1. The van der Waals surface area contributed by atoms with Crippen molar-refractivity contribution in [1.82, 2.24) is 9.97 Å². The van der Waals surface area contributed by atoms with Gasteiger partial charge in [0.25, 0.3) is 0 Å². The fourth-order valence-electron chi connectivity index (χ4n) is 2.01. The molecule has 4 nitrogen and oxygen atoms in total. The van der Waals surface area contributed by atoms with E-state index in [1.54, 1.807) is 0 Å². The number of hydrogen-bond donors (Lipinski definition) is 2. The zero-order valence-corrected chi connectivity index (χ0v) is 10.5. The van der Waals surface area contributed by atoms with Crippen LogP contribution in [0, 0.1) is 0 Å². The van der Waals surface area contributed by atoms with Crippen LogP contribution in [0.5, 0.6) is 5.75 Å². The van der Waals surface area contributed by atoms with Crippen LogP contribution in [-0.2, 0) is 6.42 Å². The van der Waals surface area contributed by atoms with Gasteiger partial charge in [-0.2, -0.15) is 0 Å². The summed E-state index contributed by atoms with van der Waals surface area (Å²) in [5, 5.41) is 0. The average Bonchev–Trinajstić information content (AvgIpc) is 2.84. The number of nitrogens with one attached hydrogen (secondary N) is 1. The minimum Gasteiger partial charge on any atom is -0.493 e. The highest BCUT2D eigenvalue weighted by Crippen LogP contribution is 2.18. The lowest BCUT2D eigenvalue weighted by Gasteiger charge is -2.03. The van der Waals surface area contributed by atoms with E-state index in [-0.39, 0.29) is 0 Å². The molecule has 0 aliphatic rings. The first-order valence-electron chi connectivity index (χ1n) is 6.24. The third kappa shape index (κ3) is 2.52. The maximum absolute atomic E-state index is 5.88. The topological polar surface area (TPSA) is 63.9 Å². The maximum atomic E-state index is 5.88. The Hall–Kier alpha value is -2.49. The van der Waals surface area contributed by atoms with E-state index in [1.165, 1.54) is 0 Å². The zero-order chi connectivity index (χ0) is 13.1. The molecule has 1 heterocycles. The van der Waals surface area contributed by atoms with Gasteiger partial charge in [0.15, 0.2) is 0 Å². The van der Waals surface area contributed by atoms with Gasteiger partial charge in [0.1, 0.15) is 17.1 Å². The fourth-order valence-corrected chi connectivity index (χ4v) is 2.01. The average molecular weight is 253 g/mol. The predicted octanol–water partition coefficient (Wildman–Crippen LogP) is 2.77. The molecule has 0 fully saturated rings. The summed E-state index contributed by atoms with van der Waals surface area (Å²) in [6, 6.07) is 15.5. The molecule has 19 heavy (non-hydrogen) atoms. The SMILES string of the molecule is Nc1cccc2[nH]c(CCOc3ccccc3)nc12. The molecule has 0 saturated carbocycles. The van der Waals surface area contributed by atoms with Gasteiger partial charge in [-0.3, -0.25) is 0 Å². The van der Waals surface area contributed by atoms with Crippen LogP contribution in [0.1, 0.15) is 5.82 Å². The van der Waals surface area contributed by atoms with Crippen LogP contribution in [0.15, 0.2) is 48.5 Å². The van der Waals surface area contributed by atoms with Crippen molar-refractivity contribution in [3.8, 4) is 5.75 Å². The van der Waals surface area contributed by atoms with Crippen molar-refractivity contribution in [2.75, 3.05) is 12.3 Å². The number of nitrogen functional groups attached to an aromatic ring is 1. The Morgan fingerprint density at radius 3 is 2.68 bits per heavy atom. The Morgan fingerprint density at radius 1 is 1.05 bits per heavy atom. The van der Waals surface area contributed by atoms with Crippen molar-refractivity contribution < 1.29 is 4.74 Å². The van der Waals surface area contributed by atoms with E-state index in [9.17, 15) is 0 Å². The molecule has 3 aromatic rings. The highest BCUT2D eigenvalue weighted by molar-refractivity contribution is 5.86. The third-order valence-electron chi connectivity index (χ3n) is 2.94. The zero-order valence-electron chi connectivity index (χ0n) is 10.5. The van der Waals surface area contributed by atoms with Crippen molar-refractivity contribution in [3.63, 3.8) is 0 Å². The van der Waals surface area contributed by atoms with Gasteiger partial charge in [-0.25, -0.2) is 4.98 Å². The molecule has 3 N–H and O–H groups in total. The summed E-state index contributed by atoms with van der Waals surface area (Å²) in [6.45, 7) is 0.587. The van der Waals surface area contributed by atoms with Crippen molar-refractivity contribution >= 4 is 16.7 Å². The van der Waals surface area contributed by atoms with E-state index in [0.717, 1.165) is 29.0 Å². The summed E-state index contributed by atoms with van der Waals surface area (Å²) in [7, 11) is 0. The molecular weight excluding hydrogens is 238 g/mol. The normalized spacial score (nSPS) is 10.7. The van der Waals surface area contributed by atoms with Gasteiger partial charge in [0.2, 0.25) is 0 Å². The monoisotopic (exact) mass is 253 g/mol. The second-order valence-electron chi connectivity index (χ2n) is 4.34. The Kier molecular flexibility index (Phi) is 3.06. The summed E-state index contributed by atoms with van der Waals surface area (Å²) in [5.41, 5.74) is 8.37. The summed E-state index contributed by atoms with van der Waals surface area (Å²) >= 11 is 0. The smallest absolute Gasteiger partial charge is 0.119 e. The van der Waals surface area contributed by atoms with Crippen molar-refractivity contribution in [3.05, 3.63) is 54.4 Å². The number of hydrogen-bond acceptors (Lipinski definition) is 3. The van der Waals surface area contributed by atoms with Gasteiger partial charge in [-0.05, 0) is 24.3 Å². The van der Waals surface area contributed by atoms with Crippen LogP contribution in [0.2, 0.25) is 0 Å². The quantitative estimate of drug-likeness (QED) is 0.703. The molecular formula is C15H15N3O. The van der Waals surface area contributed by atoms with E-state index in [2.05, 4.69) is 9.97 Å². The van der Waals surface area contributed by atoms with Gasteiger partial charge in [0, 0.05) is 6.42 Å². The first kappa shape index (κ1) is 11.6. The molecule has 0 bridgehead atoms. The first-order valence-corrected chi connectivity index (χ1v) is 6.24. The molecule has 0 amide bonds. The van der Waals surface area contributed by atoms with Crippen LogP contribution in [0.4, 0.5) is 5.69 Å². The Morgan fingerprint density at radius 2 is 1.89 bits per heavy atom. The maximum Gasteiger partial charge on any atom is 0.119 e. The summed E-state index contributed by atoms with van der Waals surface area (Å²) in [6.07, 6.45) is 0.725. The summed E-state index contributed by atoms with van der Waals surface area (Å²) in [4.78, 5) is 7.73. The molecule has 1 aromatic heterocycles. The van der Waals surface area contributed by atoms with E-state index in [4.69, 9.17) is 10.5 Å². The number of nitrogens with zero attached hydrogens (tertiary/aromatic N) is 1. The Balaban J connectivity index is 1.67. The Bertz CT molecular complexity index is 676. The second kappa shape index (κ2) is 5.02. The van der Waals surface area contributed by atoms with Gasteiger partial charge in [0.05, 0.1) is 17.8 Å². The molecule has 0 aliphatic heterocycles. The van der Waals surface area contributed by atoms with Gasteiger partial charge >= 0.3 is 0 Å². The number of benzene rings is 2. The highest BCUT2D eigenvalue weighted by atomic mass is 16.5. The standard InChI is InChI=1S/C15H15N3O/c16-12-7-4-8-13-15(12)18-14(17-13)9-10-19-11-5-2-1-3-6-11/h1-8H,9-10,16H2,(H,17,18). The van der Waals surface area contributed by atoms with Crippen LogP contribution >= 0.6 is 0 Å². The van der Waals surface area contributed by atoms with E-state index in [1.807, 2.05) is 48.5 Å². The molecule has 0 spiro atoms. The number of rotatable bonds is 4. The second-order valence-corrected chi connectivity index (χ2v) is 4.34. The molecule has 0 saturated heterocycles. The number of aromatic nitrogens is 2. The number of imidazole rings is 1. The molecule has 3 rings (SSSR count). The van der Waals surface area contributed by atoms with Crippen molar-refractivity contribution in [1.29, 1.82) is 0 Å². The van der Waals surface area contributed by atoms with Crippen LogP contribution < -0.4 is 10.5 Å². The van der Waals surface area contributed by atoms with Crippen LogP contribution in [0.25, 0.3) is 11.0 Å². The minimum absolute atomic E-state index is 0.587. The minimum atomic E-state index is 0.587. The molecule has 0 radical (unpaired) electrons. The fraction of sp³-hybridized carbons (Fsp3) is 0.133. The molecule has 0 atom stereocenters. The first-order chi connectivity index (χ1) is 9.33. The van der Waals surface area contributed by atoms with Crippen LogP contribution in [0.3, 0.4) is 0 Å². The molecule has 0 unspecified atom stereocenters. The van der Waals surface area contributed by atoms with Gasteiger partial charge < -0.3 is 15.5 Å². The molecule has 2 aromatic carbocycles. The third-order valence-corrected chi connectivity index (χ3v) is 2.94. The number of aromatic amines is 1. The van der Waals surface area contributed by atoms with Gasteiger partial charge in [-0.15, -0.1) is 0 Å². The van der Waals surface area contributed by atoms with Crippen molar-refractivity contribution in [2.24, 2.45) is 0 Å². The van der Waals surface area contributed by atoms with E-state index in [0.29, 0.717) is 12.3 Å². The number of nitrogens with two attached hydrogens (primary N) is 1. The number of ether oxygens (including phenoxy) is 1. The summed E-state index contributed by atoms with van der Waals surface area (Å²) in [5.74, 6) is 1.77. The number of H-pyrrole nitrogens is 1. The van der Waals surface area contributed by atoms with Crippen LogP contribution in [-0.4, -0.2) is 16.6 Å². The predicted molar refractivity (Wildman–Crippen MR) is 76.1 cm³/mol. The van der Waals surface area contributed by atoms with E-state index < -0.39 is 0 Å². The lowest BCUT2D eigenvalue weighted by atomic mass is 10.3. The number of para-hydroxylation sites is 2. The lowest BCUT2D eigenvalue weighted by Crippen LogP contribution is -2.02. The summed E-state index contributed by atoms with van der Waals surface area (Å²) < 4.78 is 5.64. The molecule has 96 valence electrons. The highest BCUT2D eigenvalue weighted by Gasteiger charge is 2.05. The molecule has 4 heteroatoms. The van der Waals surface area contributed by atoms with E-state index >= 15 is 0 Å². The largest absolute Gasteiger partial charge is 0.493 e. The number of anilines is 1. The van der Waals surface area contributed by atoms with Crippen molar-refractivity contribution in [2.45, 2.75) is 6.42 Å². The lowest BCUT2D eigenvalue weighted by molar-refractivity contribution is 0.319. The van der Waals surface area contributed by atoms with Gasteiger partial charge in [-0.1, -0.05) is 24.3 Å².